The molecule has 0 amide bonds. The van der Waals surface area contributed by atoms with Gasteiger partial charge in [-0.05, 0) is 48.7 Å². The third kappa shape index (κ3) is 4.91. The minimum Gasteiger partial charge on any atom is -0.460 e. The van der Waals surface area contributed by atoms with Crippen molar-refractivity contribution in [3.05, 3.63) is 82.9 Å². The summed E-state index contributed by atoms with van der Waals surface area (Å²) in [5, 5.41) is 0. The third-order valence-corrected chi connectivity index (χ3v) is 4.27. The van der Waals surface area contributed by atoms with Crippen LogP contribution in [0.25, 0.3) is 5.57 Å². The fourth-order valence-corrected chi connectivity index (χ4v) is 2.96. The molecule has 0 radical (unpaired) electrons. The van der Waals surface area contributed by atoms with Gasteiger partial charge >= 0.3 is 0 Å². The Labute approximate surface area is 171 Å². The molecule has 1 aliphatic heterocycles. The van der Waals surface area contributed by atoms with E-state index in [1.165, 1.54) is 36.7 Å². The second kappa shape index (κ2) is 9.51. The Morgan fingerprint density at radius 3 is 2.70 bits per heavy atom. The molecule has 8 heteroatoms. The predicted molar refractivity (Wildman–Crippen MR) is 113 cm³/mol. The highest BCUT2D eigenvalue weighted by Gasteiger charge is 2.24. The number of halogens is 2. The van der Waals surface area contributed by atoms with Gasteiger partial charge in [-0.1, -0.05) is 12.1 Å². The quantitative estimate of drug-likeness (QED) is 0.571. The Morgan fingerprint density at radius 2 is 1.97 bits per heavy atom. The van der Waals surface area contributed by atoms with Crippen LogP contribution in [0, 0.1) is 11.6 Å². The average Bonchev–Trinajstić information content (AvgIpc) is 2.86. The standard InChI is InChI=1S/C22H18F2N4O2/c1-26-13-28-22(27-12-25)8-7-20-17(14-3-2-4-15(23)9-14)11-19(29)18-10-16(24)5-6-21(18)30-20/h2-6,8-10,12-13H,1,7,11H2,(H2,25,27)/b22-8-,28-13?. The number of ketones is 1. The first kappa shape index (κ1) is 20.8. The predicted octanol–water partition coefficient (Wildman–Crippen LogP) is 4.29. The summed E-state index contributed by atoms with van der Waals surface area (Å²) in [4.78, 5) is 24.2. The lowest BCUT2D eigenvalue weighted by molar-refractivity contribution is 0.0997. The van der Waals surface area contributed by atoms with E-state index in [0.29, 0.717) is 16.9 Å². The van der Waals surface area contributed by atoms with Gasteiger partial charge in [-0.25, -0.2) is 18.8 Å². The highest BCUT2D eigenvalue weighted by Crippen LogP contribution is 2.35. The summed E-state index contributed by atoms with van der Waals surface area (Å²) in [6.07, 6.45) is 3.96. The van der Waals surface area contributed by atoms with Crippen LogP contribution in [0.4, 0.5) is 8.78 Å². The molecule has 0 unspecified atom stereocenters. The smallest absolute Gasteiger partial charge is 0.171 e. The highest BCUT2D eigenvalue weighted by molar-refractivity contribution is 6.05. The number of aliphatic imine (C=N–C) groups is 3. The Kier molecular flexibility index (Phi) is 6.59. The molecular weight excluding hydrogens is 390 g/mol. The van der Waals surface area contributed by atoms with E-state index in [2.05, 4.69) is 21.7 Å². The van der Waals surface area contributed by atoms with E-state index in [0.717, 1.165) is 12.4 Å². The largest absolute Gasteiger partial charge is 0.460 e. The van der Waals surface area contributed by atoms with Crippen molar-refractivity contribution in [2.75, 3.05) is 0 Å². The zero-order valence-corrected chi connectivity index (χ0v) is 15.9. The zero-order chi connectivity index (χ0) is 21.5. The Balaban J connectivity index is 2.10. The molecule has 0 aromatic heterocycles. The molecule has 2 N–H and O–H groups in total. The van der Waals surface area contributed by atoms with Crippen LogP contribution in [-0.4, -0.2) is 25.2 Å². The molecule has 1 heterocycles. The monoisotopic (exact) mass is 408 g/mol. The van der Waals surface area contributed by atoms with E-state index in [4.69, 9.17) is 10.5 Å². The minimum atomic E-state index is -0.549. The van der Waals surface area contributed by atoms with Crippen molar-refractivity contribution in [1.29, 1.82) is 0 Å². The maximum absolute atomic E-state index is 13.8. The van der Waals surface area contributed by atoms with E-state index in [1.807, 2.05) is 0 Å². The molecule has 0 saturated carbocycles. The number of nitrogens with two attached hydrogens (primary N) is 1. The number of nitrogens with zero attached hydrogens (tertiary/aromatic N) is 3. The number of ether oxygens (including phenoxy) is 1. The van der Waals surface area contributed by atoms with E-state index in [1.54, 1.807) is 12.1 Å². The maximum atomic E-state index is 13.8. The Bertz CT molecular complexity index is 1100. The number of carbonyl (C=O) groups is 1. The SMILES string of the molecule is C=NC=N/C(=C\CC1=C(c2cccc(F)c2)CC(=O)c2cc(F)ccc2O1)N=CN. The van der Waals surface area contributed by atoms with Crippen molar-refractivity contribution < 1.29 is 18.3 Å². The molecule has 0 fully saturated rings. The Hall–Kier alpha value is -3.94. The van der Waals surface area contributed by atoms with Crippen LogP contribution in [0.15, 0.2) is 75.1 Å². The Morgan fingerprint density at radius 1 is 1.17 bits per heavy atom. The lowest BCUT2D eigenvalue weighted by Crippen LogP contribution is -2.01. The third-order valence-electron chi connectivity index (χ3n) is 4.27. The van der Waals surface area contributed by atoms with Crippen LogP contribution < -0.4 is 10.5 Å². The van der Waals surface area contributed by atoms with Crippen LogP contribution in [0.5, 0.6) is 5.75 Å². The molecule has 0 atom stereocenters. The van der Waals surface area contributed by atoms with Crippen LogP contribution in [0.3, 0.4) is 0 Å². The van der Waals surface area contributed by atoms with Gasteiger partial charge in [0.2, 0.25) is 0 Å². The maximum Gasteiger partial charge on any atom is 0.171 e. The van der Waals surface area contributed by atoms with Gasteiger partial charge < -0.3 is 10.5 Å². The van der Waals surface area contributed by atoms with E-state index in [-0.39, 0.29) is 35.8 Å². The first-order valence-electron chi connectivity index (χ1n) is 8.93. The molecule has 1 aliphatic rings. The molecule has 30 heavy (non-hydrogen) atoms. The van der Waals surface area contributed by atoms with Gasteiger partial charge in [-0.15, -0.1) is 0 Å². The average molecular weight is 408 g/mol. The summed E-state index contributed by atoms with van der Waals surface area (Å²) in [5.74, 6) is -0.495. The first-order chi connectivity index (χ1) is 14.5. The van der Waals surface area contributed by atoms with Crippen LogP contribution in [-0.2, 0) is 0 Å². The fourth-order valence-electron chi connectivity index (χ4n) is 2.96. The van der Waals surface area contributed by atoms with Gasteiger partial charge in [-0.3, -0.25) is 9.79 Å². The number of Topliss-reactive ketones (excluding diaryl/α,β-unsaturated/α-hetero) is 1. The number of allylic oxidation sites excluding steroid dienone is 2. The molecule has 2 aromatic rings. The minimum absolute atomic E-state index is 0.0873. The van der Waals surface area contributed by atoms with Gasteiger partial charge in [0.25, 0.3) is 0 Å². The van der Waals surface area contributed by atoms with Crippen molar-refractivity contribution >= 4 is 30.8 Å². The summed E-state index contributed by atoms with van der Waals surface area (Å²) in [6.45, 7) is 3.31. The molecule has 0 saturated heterocycles. The molecule has 2 aromatic carbocycles. The lowest BCUT2D eigenvalue weighted by atomic mass is 9.96. The molecule has 3 rings (SSSR count). The molecule has 6 nitrogen and oxygen atoms in total. The van der Waals surface area contributed by atoms with Crippen molar-refractivity contribution in [3.8, 4) is 5.75 Å². The van der Waals surface area contributed by atoms with Gasteiger partial charge in [0.05, 0.1) is 11.9 Å². The molecular formula is C22H18F2N4O2. The number of benzene rings is 2. The van der Waals surface area contributed by atoms with Gasteiger partial charge in [0.15, 0.2) is 11.6 Å². The summed E-state index contributed by atoms with van der Waals surface area (Å²) in [7, 11) is 0. The number of hydrogen-bond donors (Lipinski definition) is 1. The molecule has 0 bridgehead atoms. The second-order valence-corrected chi connectivity index (χ2v) is 6.23. The topological polar surface area (TPSA) is 89.4 Å². The van der Waals surface area contributed by atoms with Gasteiger partial charge in [0, 0.05) is 18.4 Å². The summed E-state index contributed by atoms with van der Waals surface area (Å²) < 4.78 is 33.5. The van der Waals surface area contributed by atoms with Crippen molar-refractivity contribution in [1.82, 2.24) is 0 Å². The summed E-state index contributed by atoms with van der Waals surface area (Å²) >= 11 is 0. The lowest BCUT2D eigenvalue weighted by Gasteiger charge is -2.13. The number of carbonyl (C=O) groups excluding carboxylic acids is 1. The number of fused-ring (bicyclic) bond motifs is 1. The number of hydrogen-bond acceptors (Lipinski definition) is 4. The van der Waals surface area contributed by atoms with Crippen LogP contribution in [0.2, 0.25) is 0 Å². The van der Waals surface area contributed by atoms with E-state index >= 15 is 0 Å². The van der Waals surface area contributed by atoms with Gasteiger partial charge in [-0.2, -0.15) is 0 Å². The van der Waals surface area contributed by atoms with Gasteiger partial charge in [0.1, 0.15) is 29.5 Å². The molecule has 0 aliphatic carbocycles. The fraction of sp³-hybridized carbons (Fsp3) is 0.0909. The van der Waals surface area contributed by atoms with Crippen molar-refractivity contribution in [2.45, 2.75) is 12.8 Å². The van der Waals surface area contributed by atoms with E-state index < -0.39 is 11.6 Å². The molecule has 152 valence electrons. The van der Waals surface area contributed by atoms with Crippen molar-refractivity contribution in [3.63, 3.8) is 0 Å². The summed E-state index contributed by atoms with van der Waals surface area (Å²) in [6, 6.07) is 9.55. The first-order valence-corrected chi connectivity index (χ1v) is 8.93. The second-order valence-electron chi connectivity index (χ2n) is 6.23. The van der Waals surface area contributed by atoms with Crippen molar-refractivity contribution in [2.24, 2.45) is 20.7 Å². The summed E-state index contributed by atoms with van der Waals surface area (Å²) in [5.41, 5.74) is 6.44. The highest BCUT2D eigenvalue weighted by atomic mass is 19.1. The van der Waals surface area contributed by atoms with E-state index in [9.17, 15) is 13.6 Å². The van der Waals surface area contributed by atoms with Crippen LogP contribution in [0.1, 0.15) is 28.8 Å². The molecule has 0 spiro atoms. The normalized spacial score (nSPS) is 14.7. The number of rotatable bonds is 6. The van der Waals surface area contributed by atoms with Crippen LogP contribution >= 0.6 is 0 Å². The zero-order valence-electron chi connectivity index (χ0n) is 15.9.